The molecule has 0 aliphatic carbocycles. The van der Waals surface area contributed by atoms with Crippen molar-refractivity contribution in [1.29, 1.82) is 0 Å². The van der Waals surface area contributed by atoms with Gasteiger partial charge in [-0.05, 0) is 40.0 Å². The highest BCUT2D eigenvalue weighted by Gasteiger charge is 2.23. The van der Waals surface area contributed by atoms with Gasteiger partial charge in [0.1, 0.15) is 6.04 Å². The Hall–Kier alpha value is -0.880. The van der Waals surface area contributed by atoms with Crippen LogP contribution in [0.5, 0.6) is 0 Å². The van der Waals surface area contributed by atoms with E-state index in [2.05, 4.69) is 37.2 Å². The Kier molecular flexibility index (Phi) is 5.34. The van der Waals surface area contributed by atoms with Crippen molar-refractivity contribution in [1.82, 2.24) is 5.32 Å². The van der Waals surface area contributed by atoms with Gasteiger partial charge < -0.3 is 11.1 Å². The minimum absolute atomic E-state index is 0.0549. The fourth-order valence-corrected chi connectivity index (χ4v) is 2.69. The fourth-order valence-electron chi connectivity index (χ4n) is 1.46. The fraction of sp³-hybridized carbons (Fsp3) is 0.333. The maximum Gasteiger partial charge on any atom is 0.253 e. The molecule has 0 aliphatic rings. The first-order chi connectivity index (χ1) is 8.32. The standard InChI is InChI=1S/C12H14Br2N2O2/c1-6(2)10(11(15)17)16-12(18)8-4-3-7(13)5-9(8)14/h3-6,10H,1-2H3,(H2,15,17)(H,16,18). The van der Waals surface area contributed by atoms with Crippen LogP contribution >= 0.6 is 31.9 Å². The molecule has 18 heavy (non-hydrogen) atoms. The first-order valence-electron chi connectivity index (χ1n) is 5.38. The average Bonchev–Trinajstić information content (AvgIpc) is 2.24. The molecule has 1 unspecified atom stereocenters. The van der Waals surface area contributed by atoms with Gasteiger partial charge in [-0.2, -0.15) is 0 Å². The third-order valence-corrected chi connectivity index (χ3v) is 3.58. The second-order valence-electron chi connectivity index (χ2n) is 4.22. The van der Waals surface area contributed by atoms with Crippen molar-refractivity contribution in [3.63, 3.8) is 0 Å². The lowest BCUT2D eigenvalue weighted by Gasteiger charge is -2.19. The summed E-state index contributed by atoms with van der Waals surface area (Å²) < 4.78 is 1.52. The van der Waals surface area contributed by atoms with Gasteiger partial charge in [0.2, 0.25) is 5.91 Å². The second kappa shape index (κ2) is 6.33. The van der Waals surface area contributed by atoms with Crippen LogP contribution in [0, 0.1) is 5.92 Å². The zero-order chi connectivity index (χ0) is 13.9. The highest BCUT2D eigenvalue weighted by molar-refractivity contribution is 9.11. The van der Waals surface area contributed by atoms with Gasteiger partial charge in [0.05, 0.1) is 5.56 Å². The van der Waals surface area contributed by atoms with Gasteiger partial charge in [-0.3, -0.25) is 9.59 Å². The third-order valence-electron chi connectivity index (χ3n) is 2.44. The lowest BCUT2D eigenvalue weighted by Crippen LogP contribution is -2.47. The van der Waals surface area contributed by atoms with Crippen molar-refractivity contribution in [3.05, 3.63) is 32.7 Å². The van der Waals surface area contributed by atoms with E-state index in [4.69, 9.17) is 5.73 Å². The van der Waals surface area contributed by atoms with Crippen LogP contribution < -0.4 is 11.1 Å². The predicted molar refractivity (Wildman–Crippen MR) is 77.1 cm³/mol. The van der Waals surface area contributed by atoms with Crippen LogP contribution in [0.15, 0.2) is 27.1 Å². The number of amides is 2. The van der Waals surface area contributed by atoms with Crippen molar-refractivity contribution in [2.24, 2.45) is 11.7 Å². The number of primary amides is 1. The highest BCUT2D eigenvalue weighted by Crippen LogP contribution is 2.22. The van der Waals surface area contributed by atoms with Crippen LogP contribution in [0.3, 0.4) is 0 Å². The number of carbonyl (C=O) groups is 2. The third kappa shape index (κ3) is 3.81. The van der Waals surface area contributed by atoms with Crippen molar-refractivity contribution in [2.75, 3.05) is 0 Å². The number of carbonyl (C=O) groups excluding carboxylic acids is 2. The van der Waals surface area contributed by atoms with Crippen molar-refractivity contribution < 1.29 is 9.59 Å². The summed E-state index contributed by atoms with van der Waals surface area (Å²) in [6, 6.07) is 4.52. The molecule has 3 N–H and O–H groups in total. The van der Waals surface area contributed by atoms with Gasteiger partial charge in [0, 0.05) is 8.95 Å². The summed E-state index contributed by atoms with van der Waals surface area (Å²) in [5.74, 6) is -0.917. The minimum atomic E-state index is -0.673. The monoisotopic (exact) mass is 376 g/mol. The van der Waals surface area contributed by atoms with Crippen LogP contribution in [0.2, 0.25) is 0 Å². The van der Waals surface area contributed by atoms with Gasteiger partial charge in [-0.15, -0.1) is 0 Å². The van der Waals surface area contributed by atoms with Crippen molar-refractivity contribution in [2.45, 2.75) is 19.9 Å². The molecule has 4 nitrogen and oxygen atoms in total. The molecule has 1 atom stereocenters. The van der Waals surface area contributed by atoms with Crippen LogP contribution in [0.25, 0.3) is 0 Å². The Morgan fingerprint density at radius 3 is 2.33 bits per heavy atom. The molecule has 0 heterocycles. The van der Waals surface area contributed by atoms with E-state index in [1.165, 1.54) is 0 Å². The van der Waals surface area contributed by atoms with Gasteiger partial charge >= 0.3 is 0 Å². The highest BCUT2D eigenvalue weighted by atomic mass is 79.9. The second-order valence-corrected chi connectivity index (χ2v) is 5.99. The number of nitrogens with one attached hydrogen (secondary N) is 1. The molecule has 0 bridgehead atoms. The normalized spacial score (nSPS) is 12.3. The molecular weight excluding hydrogens is 364 g/mol. The number of hydrogen-bond acceptors (Lipinski definition) is 2. The summed E-state index contributed by atoms with van der Waals surface area (Å²) in [4.78, 5) is 23.3. The number of rotatable bonds is 4. The maximum atomic E-state index is 12.0. The number of halogens is 2. The molecule has 1 aromatic rings. The van der Waals surface area contributed by atoms with E-state index in [1.54, 1.807) is 18.2 Å². The Morgan fingerprint density at radius 1 is 1.28 bits per heavy atom. The number of benzene rings is 1. The summed E-state index contributed by atoms with van der Waals surface area (Å²) in [5, 5.41) is 2.63. The summed E-state index contributed by atoms with van der Waals surface area (Å²) in [6.07, 6.45) is 0. The first-order valence-corrected chi connectivity index (χ1v) is 6.96. The van der Waals surface area contributed by atoms with Gasteiger partial charge in [-0.25, -0.2) is 0 Å². The molecule has 1 rings (SSSR count). The SMILES string of the molecule is CC(C)C(NC(=O)c1ccc(Br)cc1Br)C(N)=O. The molecule has 0 aliphatic heterocycles. The molecule has 0 radical (unpaired) electrons. The molecule has 98 valence electrons. The van der Waals surface area contributed by atoms with E-state index in [1.807, 2.05) is 13.8 Å². The van der Waals surface area contributed by atoms with E-state index in [0.29, 0.717) is 10.0 Å². The van der Waals surface area contributed by atoms with Crippen LogP contribution in [0.1, 0.15) is 24.2 Å². The lowest BCUT2D eigenvalue weighted by atomic mass is 10.0. The Morgan fingerprint density at radius 2 is 1.89 bits per heavy atom. The molecule has 0 saturated carbocycles. The van der Waals surface area contributed by atoms with Gasteiger partial charge in [0.25, 0.3) is 5.91 Å². The minimum Gasteiger partial charge on any atom is -0.368 e. The Balaban J connectivity index is 2.91. The van der Waals surface area contributed by atoms with E-state index < -0.39 is 11.9 Å². The first kappa shape index (κ1) is 15.2. The largest absolute Gasteiger partial charge is 0.368 e. The quantitative estimate of drug-likeness (QED) is 0.845. The number of hydrogen-bond donors (Lipinski definition) is 2. The molecular formula is C12H14Br2N2O2. The Bertz CT molecular complexity index is 475. The van der Waals surface area contributed by atoms with Crippen LogP contribution in [-0.4, -0.2) is 17.9 Å². The van der Waals surface area contributed by atoms with Gasteiger partial charge in [0.15, 0.2) is 0 Å². The Labute approximate surface area is 123 Å². The van der Waals surface area contributed by atoms with Gasteiger partial charge in [-0.1, -0.05) is 29.8 Å². The summed E-state index contributed by atoms with van der Waals surface area (Å²) in [5.41, 5.74) is 5.72. The van der Waals surface area contributed by atoms with Crippen molar-refractivity contribution in [3.8, 4) is 0 Å². The van der Waals surface area contributed by atoms with E-state index in [9.17, 15) is 9.59 Å². The molecule has 0 saturated heterocycles. The molecule has 0 aromatic heterocycles. The van der Waals surface area contributed by atoms with Crippen LogP contribution in [-0.2, 0) is 4.79 Å². The predicted octanol–water partition coefficient (Wildman–Crippen LogP) is 2.45. The molecule has 6 heteroatoms. The molecule has 0 spiro atoms. The zero-order valence-corrected chi connectivity index (χ0v) is 13.2. The van der Waals surface area contributed by atoms with E-state index in [0.717, 1.165) is 4.47 Å². The lowest BCUT2D eigenvalue weighted by molar-refractivity contribution is -0.120. The zero-order valence-electron chi connectivity index (χ0n) is 10.0. The molecule has 1 aromatic carbocycles. The average molecular weight is 378 g/mol. The van der Waals surface area contributed by atoms with E-state index in [-0.39, 0.29) is 11.8 Å². The topological polar surface area (TPSA) is 72.2 Å². The maximum absolute atomic E-state index is 12.0. The van der Waals surface area contributed by atoms with Crippen molar-refractivity contribution >= 4 is 43.7 Å². The summed E-state index contributed by atoms with van der Waals surface area (Å²) >= 11 is 6.61. The summed E-state index contributed by atoms with van der Waals surface area (Å²) in [7, 11) is 0. The molecule has 2 amide bonds. The number of nitrogens with two attached hydrogens (primary N) is 1. The summed E-state index contributed by atoms with van der Waals surface area (Å²) in [6.45, 7) is 3.65. The van der Waals surface area contributed by atoms with E-state index >= 15 is 0 Å². The van der Waals surface area contributed by atoms with Crippen LogP contribution in [0.4, 0.5) is 0 Å². The molecule has 0 fully saturated rings. The smallest absolute Gasteiger partial charge is 0.253 e.